The van der Waals surface area contributed by atoms with Crippen molar-refractivity contribution >= 4 is 11.8 Å². The van der Waals surface area contributed by atoms with Crippen molar-refractivity contribution in [2.45, 2.75) is 0 Å². The monoisotopic (exact) mass is 170 g/mol. The van der Waals surface area contributed by atoms with Gasteiger partial charge in [-0.3, -0.25) is 0 Å². The first kappa shape index (κ1) is 8.12. The Balaban J connectivity index is 2.99. The third-order valence-corrected chi connectivity index (χ3v) is 1.18. The molecule has 0 unspecified atom stereocenters. The van der Waals surface area contributed by atoms with Crippen LogP contribution >= 0.6 is 0 Å². The van der Waals surface area contributed by atoms with Crippen molar-refractivity contribution in [3.63, 3.8) is 0 Å². The van der Waals surface area contributed by atoms with E-state index in [0.29, 0.717) is 0 Å². The van der Waals surface area contributed by atoms with Gasteiger partial charge in [0, 0.05) is 0 Å². The van der Waals surface area contributed by atoms with Gasteiger partial charge >= 0.3 is 5.97 Å². The summed E-state index contributed by atoms with van der Waals surface area (Å²) in [5.41, 5.74) is 5.12. The minimum absolute atomic E-state index is 0.0231. The molecule has 0 saturated carbocycles. The zero-order valence-corrected chi connectivity index (χ0v) is 5.89. The van der Waals surface area contributed by atoms with Crippen LogP contribution in [0.4, 0.5) is 0 Å². The molecular formula is C6H6N2O4. The number of aromatic carboxylic acids is 1. The standard InChI is InChI=1S/C6H6N2O4/c7-5(8-11)3-1-2-4(12-3)6(9)10/h1-2,11H,(H2,7,8)(H,9,10). The Morgan fingerprint density at radius 3 is 2.50 bits per heavy atom. The summed E-state index contributed by atoms with van der Waals surface area (Å²) in [6, 6.07) is 2.52. The number of amidine groups is 1. The zero-order valence-electron chi connectivity index (χ0n) is 5.89. The highest BCUT2D eigenvalue weighted by molar-refractivity contribution is 5.95. The van der Waals surface area contributed by atoms with Crippen LogP contribution in [0.2, 0.25) is 0 Å². The molecule has 0 aromatic carbocycles. The molecule has 0 radical (unpaired) electrons. The van der Waals surface area contributed by atoms with Crippen molar-refractivity contribution in [2.75, 3.05) is 0 Å². The molecular weight excluding hydrogens is 164 g/mol. The summed E-state index contributed by atoms with van der Waals surface area (Å²) in [5, 5.41) is 19.2. The Kier molecular flexibility index (Phi) is 2.00. The number of carboxylic acids is 1. The van der Waals surface area contributed by atoms with E-state index < -0.39 is 5.97 Å². The molecule has 12 heavy (non-hydrogen) atoms. The van der Waals surface area contributed by atoms with Crippen molar-refractivity contribution in [1.29, 1.82) is 0 Å². The molecule has 0 fully saturated rings. The van der Waals surface area contributed by atoms with Gasteiger partial charge in [0.05, 0.1) is 0 Å². The number of hydrogen-bond acceptors (Lipinski definition) is 4. The minimum Gasteiger partial charge on any atom is -0.475 e. The summed E-state index contributed by atoms with van der Waals surface area (Å²) < 4.78 is 4.68. The van der Waals surface area contributed by atoms with Gasteiger partial charge in [-0.1, -0.05) is 5.16 Å². The molecule has 0 aliphatic rings. The van der Waals surface area contributed by atoms with E-state index >= 15 is 0 Å². The maximum absolute atomic E-state index is 10.3. The Morgan fingerprint density at radius 2 is 2.08 bits per heavy atom. The van der Waals surface area contributed by atoms with Crippen LogP contribution in [0.3, 0.4) is 0 Å². The Hall–Kier alpha value is -1.98. The lowest BCUT2D eigenvalue weighted by atomic mass is 10.4. The molecule has 4 N–H and O–H groups in total. The molecule has 64 valence electrons. The number of nitrogens with two attached hydrogens (primary N) is 1. The van der Waals surface area contributed by atoms with Crippen LogP contribution in [0.25, 0.3) is 0 Å². The maximum Gasteiger partial charge on any atom is 0.371 e. The van der Waals surface area contributed by atoms with Gasteiger partial charge in [-0.2, -0.15) is 0 Å². The third kappa shape index (κ3) is 1.36. The molecule has 1 aromatic heterocycles. The molecule has 6 nitrogen and oxygen atoms in total. The number of rotatable bonds is 2. The van der Waals surface area contributed by atoms with Gasteiger partial charge in [0.2, 0.25) is 11.6 Å². The number of carboxylic acid groups (broad SMARTS) is 1. The first-order valence-corrected chi connectivity index (χ1v) is 2.96. The van der Waals surface area contributed by atoms with Gasteiger partial charge < -0.3 is 20.5 Å². The fourth-order valence-corrected chi connectivity index (χ4v) is 0.640. The van der Waals surface area contributed by atoms with Crippen molar-refractivity contribution in [1.82, 2.24) is 0 Å². The number of oxime groups is 1. The van der Waals surface area contributed by atoms with Gasteiger partial charge in [-0.15, -0.1) is 0 Å². The highest BCUT2D eigenvalue weighted by Crippen LogP contribution is 2.06. The van der Waals surface area contributed by atoms with Crippen LogP contribution in [-0.2, 0) is 0 Å². The predicted molar refractivity (Wildman–Crippen MR) is 38.2 cm³/mol. The van der Waals surface area contributed by atoms with E-state index in [9.17, 15) is 4.79 Å². The van der Waals surface area contributed by atoms with Crippen LogP contribution in [0, 0.1) is 0 Å². The molecule has 6 heteroatoms. The third-order valence-electron chi connectivity index (χ3n) is 1.18. The molecule has 0 aliphatic heterocycles. The normalized spacial score (nSPS) is 11.5. The highest BCUT2D eigenvalue weighted by atomic mass is 16.4. The Labute approximate surface area is 66.9 Å². The summed E-state index contributed by atoms with van der Waals surface area (Å²) in [6.07, 6.45) is 0. The SMILES string of the molecule is NC(=NO)c1ccc(C(=O)O)o1. The second-order valence-electron chi connectivity index (χ2n) is 1.95. The van der Waals surface area contributed by atoms with Gasteiger partial charge in [0.25, 0.3) is 0 Å². The van der Waals surface area contributed by atoms with Gasteiger partial charge in [-0.05, 0) is 12.1 Å². The average molecular weight is 170 g/mol. The second-order valence-corrected chi connectivity index (χ2v) is 1.95. The molecule has 0 spiro atoms. The summed E-state index contributed by atoms with van der Waals surface area (Å²) in [6.45, 7) is 0. The molecule has 0 atom stereocenters. The van der Waals surface area contributed by atoms with E-state index in [2.05, 4.69) is 9.57 Å². The number of hydrogen-bond donors (Lipinski definition) is 3. The Bertz CT molecular complexity index is 328. The molecule has 1 aromatic rings. The first-order valence-electron chi connectivity index (χ1n) is 2.96. The van der Waals surface area contributed by atoms with Gasteiger partial charge in [-0.25, -0.2) is 4.79 Å². The molecule has 0 aliphatic carbocycles. The van der Waals surface area contributed by atoms with E-state index in [0.717, 1.165) is 0 Å². The van der Waals surface area contributed by atoms with Gasteiger partial charge in [0.15, 0.2) is 5.76 Å². The fourth-order valence-electron chi connectivity index (χ4n) is 0.640. The molecule has 1 heterocycles. The van der Waals surface area contributed by atoms with Crippen molar-refractivity contribution in [3.8, 4) is 0 Å². The van der Waals surface area contributed by atoms with Crippen LogP contribution < -0.4 is 5.73 Å². The first-order chi connectivity index (χ1) is 5.65. The molecule has 0 amide bonds. The number of nitrogens with zero attached hydrogens (tertiary/aromatic N) is 1. The van der Waals surface area contributed by atoms with Crippen molar-refractivity contribution < 1.29 is 19.5 Å². The van der Waals surface area contributed by atoms with Crippen LogP contribution in [-0.4, -0.2) is 22.1 Å². The highest BCUT2D eigenvalue weighted by Gasteiger charge is 2.10. The lowest BCUT2D eigenvalue weighted by Crippen LogP contribution is -2.11. The van der Waals surface area contributed by atoms with Crippen LogP contribution in [0.15, 0.2) is 21.7 Å². The van der Waals surface area contributed by atoms with Gasteiger partial charge in [0.1, 0.15) is 0 Å². The fraction of sp³-hybridized carbons (Fsp3) is 0. The second kappa shape index (κ2) is 2.95. The van der Waals surface area contributed by atoms with E-state index in [-0.39, 0.29) is 17.4 Å². The molecule has 1 rings (SSSR count). The molecule has 0 saturated heterocycles. The quantitative estimate of drug-likeness (QED) is 0.252. The van der Waals surface area contributed by atoms with E-state index in [4.69, 9.17) is 16.0 Å². The van der Waals surface area contributed by atoms with Crippen LogP contribution in [0.1, 0.15) is 16.3 Å². The lowest BCUT2D eigenvalue weighted by Gasteiger charge is -1.89. The predicted octanol–water partition coefficient (Wildman–Crippen LogP) is 0.0723. The van der Waals surface area contributed by atoms with E-state index in [1.807, 2.05) is 0 Å². The van der Waals surface area contributed by atoms with E-state index in [1.165, 1.54) is 12.1 Å². The summed E-state index contributed by atoms with van der Waals surface area (Å²) in [5.74, 6) is -1.69. The van der Waals surface area contributed by atoms with Crippen molar-refractivity contribution in [2.24, 2.45) is 10.9 Å². The number of furan rings is 1. The lowest BCUT2D eigenvalue weighted by molar-refractivity contribution is 0.0662. The summed E-state index contributed by atoms with van der Waals surface area (Å²) in [4.78, 5) is 10.3. The minimum atomic E-state index is -1.20. The Morgan fingerprint density at radius 1 is 1.50 bits per heavy atom. The largest absolute Gasteiger partial charge is 0.475 e. The van der Waals surface area contributed by atoms with Crippen LogP contribution in [0.5, 0.6) is 0 Å². The molecule has 0 bridgehead atoms. The summed E-state index contributed by atoms with van der Waals surface area (Å²) >= 11 is 0. The smallest absolute Gasteiger partial charge is 0.371 e. The summed E-state index contributed by atoms with van der Waals surface area (Å²) in [7, 11) is 0. The number of carbonyl (C=O) groups is 1. The maximum atomic E-state index is 10.3. The zero-order chi connectivity index (χ0) is 9.14. The average Bonchev–Trinajstić information content (AvgIpc) is 2.51. The van der Waals surface area contributed by atoms with Crippen molar-refractivity contribution in [3.05, 3.63) is 23.7 Å². The topological polar surface area (TPSA) is 109 Å². The van der Waals surface area contributed by atoms with E-state index in [1.54, 1.807) is 0 Å².